The van der Waals surface area contributed by atoms with Crippen molar-refractivity contribution in [2.45, 2.75) is 57.0 Å². The van der Waals surface area contributed by atoms with E-state index in [4.69, 9.17) is 9.47 Å². The van der Waals surface area contributed by atoms with E-state index in [9.17, 15) is 14.4 Å². The number of amides is 3. The third kappa shape index (κ3) is 6.16. The van der Waals surface area contributed by atoms with Crippen LogP contribution in [0.25, 0.3) is 0 Å². The highest BCUT2D eigenvalue weighted by Crippen LogP contribution is 2.26. The van der Waals surface area contributed by atoms with Gasteiger partial charge in [-0.15, -0.1) is 0 Å². The number of nitrogens with zero attached hydrogens (tertiary/aromatic N) is 2. The summed E-state index contributed by atoms with van der Waals surface area (Å²) in [6, 6.07) is 16.5. The molecule has 0 spiro atoms. The lowest BCUT2D eigenvalue weighted by atomic mass is 9.96. The molecular formula is C29H36N4O5. The van der Waals surface area contributed by atoms with Gasteiger partial charge in [0, 0.05) is 46.1 Å². The van der Waals surface area contributed by atoms with E-state index in [1.807, 2.05) is 30.3 Å². The van der Waals surface area contributed by atoms with Gasteiger partial charge in [-0.1, -0.05) is 42.5 Å². The first-order valence-electron chi connectivity index (χ1n) is 13.5. The zero-order valence-corrected chi connectivity index (χ0v) is 21.8. The molecule has 202 valence electrons. The summed E-state index contributed by atoms with van der Waals surface area (Å²) in [4.78, 5) is 43.1. The molecule has 4 atom stereocenters. The summed E-state index contributed by atoms with van der Waals surface area (Å²) in [6.45, 7) is 4.36. The fourth-order valence-corrected chi connectivity index (χ4v) is 5.63. The Hall–Kier alpha value is -3.43. The summed E-state index contributed by atoms with van der Waals surface area (Å²) in [6.07, 6.45) is 1.79. The Balaban J connectivity index is 1.41. The number of rotatable bonds is 3. The van der Waals surface area contributed by atoms with Gasteiger partial charge in [0.25, 0.3) is 5.91 Å². The van der Waals surface area contributed by atoms with Crippen LogP contribution in [0.3, 0.4) is 0 Å². The molecule has 0 radical (unpaired) electrons. The molecular weight excluding hydrogens is 484 g/mol. The van der Waals surface area contributed by atoms with E-state index >= 15 is 0 Å². The number of benzene rings is 2. The number of fused-ring (bicyclic) bond motifs is 4. The van der Waals surface area contributed by atoms with Gasteiger partial charge >= 0.3 is 0 Å². The van der Waals surface area contributed by atoms with Gasteiger partial charge in [0.2, 0.25) is 11.8 Å². The lowest BCUT2D eigenvalue weighted by molar-refractivity contribution is -0.131. The van der Waals surface area contributed by atoms with Crippen LogP contribution in [0.4, 0.5) is 0 Å². The van der Waals surface area contributed by atoms with Crippen LogP contribution in [0, 0.1) is 0 Å². The number of carbonyl (C=O) groups excluding carboxylic acids is 3. The topological polar surface area (TPSA) is 100 Å². The SMILES string of the molecule is CC(=O)N[C@@H]1CC[C@H]2CCOc3ccccc3C(=O)N3CCN(Cc4ccccc4)C[C@H]3C(=O)NC[C@H]1O2. The van der Waals surface area contributed by atoms with E-state index in [-0.39, 0.29) is 42.5 Å². The van der Waals surface area contributed by atoms with E-state index < -0.39 is 6.04 Å². The number of nitrogens with one attached hydrogen (secondary N) is 2. The van der Waals surface area contributed by atoms with Gasteiger partial charge in [-0.05, 0) is 30.5 Å². The van der Waals surface area contributed by atoms with Gasteiger partial charge in [-0.2, -0.15) is 0 Å². The van der Waals surface area contributed by atoms with Crippen LogP contribution in [0.5, 0.6) is 5.75 Å². The molecule has 0 aliphatic carbocycles. The van der Waals surface area contributed by atoms with Crippen molar-refractivity contribution in [1.29, 1.82) is 0 Å². The highest BCUT2D eigenvalue weighted by molar-refractivity contribution is 6.00. The van der Waals surface area contributed by atoms with Crippen molar-refractivity contribution < 1.29 is 23.9 Å². The molecule has 2 fully saturated rings. The molecule has 2 N–H and O–H groups in total. The Morgan fingerprint density at radius 1 is 1.03 bits per heavy atom. The molecule has 9 heteroatoms. The third-order valence-corrected chi connectivity index (χ3v) is 7.57. The molecule has 5 rings (SSSR count). The van der Waals surface area contributed by atoms with Gasteiger partial charge in [-0.25, -0.2) is 0 Å². The lowest BCUT2D eigenvalue weighted by Crippen LogP contribution is -2.61. The van der Waals surface area contributed by atoms with E-state index in [2.05, 4.69) is 27.7 Å². The summed E-state index contributed by atoms with van der Waals surface area (Å²) in [5, 5.41) is 6.03. The predicted octanol–water partition coefficient (Wildman–Crippen LogP) is 1.96. The number of piperazine rings is 1. The molecule has 0 saturated carbocycles. The Bertz CT molecular complexity index is 1140. The molecule has 0 unspecified atom stereocenters. The van der Waals surface area contributed by atoms with Crippen LogP contribution < -0.4 is 15.4 Å². The molecule has 3 heterocycles. The van der Waals surface area contributed by atoms with Crippen molar-refractivity contribution in [3.05, 3.63) is 65.7 Å². The van der Waals surface area contributed by atoms with Crippen LogP contribution in [0.1, 0.15) is 42.1 Å². The second-order valence-electron chi connectivity index (χ2n) is 10.3. The average Bonchev–Trinajstić information content (AvgIpc) is 2.92. The van der Waals surface area contributed by atoms with Crippen molar-refractivity contribution >= 4 is 17.7 Å². The van der Waals surface area contributed by atoms with Crippen LogP contribution >= 0.6 is 0 Å². The predicted molar refractivity (Wildman–Crippen MR) is 142 cm³/mol. The molecule has 2 saturated heterocycles. The van der Waals surface area contributed by atoms with Crippen molar-refractivity contribution in [3.63, 3.8) is 0 Å². The monoisotopic (exact) mass is 520 g/mol. The molecule has 0 aromatic heterocycles. The van der Waals surface area contributed by atoms with Gasteiger partial charge < -0.3 is 25.0 Å². The second kappa shape index (κ2) is 12.0. The normalized spacial score (nSPS) is 26.7. The number of carbonyl (C=O) groups is 3. The maximum atomic E-state index is 13.8. The van der Waals surface area contributed by atoms with E-state index in [1.54, 1.807) is 17.0 Å². The van der Waals surface area contributed by atoms with Gasteiger partial charge in [0.15, 0.2) is 0 Å². The molecule has 2 aromatic carbocycles. The minimum atomic E-state index is -0.672. The average molecular weight is 521 g/mol. The van der Waals surface area contributed by atoms with Crippen molar-refractivity contribution in [2.24, 2.45) is 0 Å². The maximum Gasteiger partial charge on any atom is 0.258 e. The first-order valence-corrected chi connectivity index (χ1v) is 13.5. The Kier molecular flexibility index (Phi) is 8.24. The highest BCUT2D eigenvalue weighted by Gasteiger charge is 2.38. The summed E-state index contributed by atoms with van der Waals surface area (Å²) in [5.74, 6) is -0.0316. The van der Waals surface area contributed by atoms with Crippen molar-refractivity contribution in [3.8, 4) is 5.75 Å². The summed E-state index contributed by atoms with van der Waals surface area (Å²) in [5.41, 5.74) is 1.62. The van der Waals surface area contributed by atoms with Gasteiger partial charge in [0.05, 0.1) is 30.4 Å². The van der Waals surface area contributed by atoms with Crippen LogP contribution in [-0.4, -0.2) is 84.6 Å². The molecule has 3 aliphatic rings. The largest absolute Gasteiger partial charge is 0.493 e. The van der Waals surface area contributed by atoms with E-state index in [1.165, 1.54) is 6.92 Å². The molecule has 2 aromatic rings. The zero-order valence-electron chi connectivity index (χ0n) is 21.8. The molecule has 3 amide bonds. The van der Waals surface area contributed by atoms with E-state index in [0.29, 0.717) is 50.5 Å². The molecule has 9 nitrogen and oxygen atoms in total. The number of para-hydroxylation sites is 1. The minimum absolute atomic E-state index is 0.0553. The fourth-order valence-electron chi connectivity index (χ4n) is 5.63. The third-order valence-electron chi connectivity index (χ3n) is 7.57. The van der Waals surface area contributed by atoms with E-state index in [0.717, 1.165) is 18.4 Å². The van der Waals surface area contributed by atoms with Crippen LogP contribution in [0.15, 0.2) is 54.6 Å². The number of hydrogen-bond acceptors (Lipinski definition) is 6. The molecule has 3 aliphatic heterocycles. The lowest BCUT2D eigenvalue weighted by Gasteiger charge is -2.42. The summed E-state index contributed by atoms with van der Waals surface area (Å²) in [7, 11) is 0. The summed E-state index contributed by atoms with van der Waals surface area (Å²) >= 11 is 0. The Labute approximate surface area is 223 Å². The standard InChI is InChI=1S/C29H36N4O5/c1-20(34)31-24-12-11-22-13-16-37-26-10-6-5-9-23(26)29(36)33-15-14-32(18-21-7-3-2-4-8-21)19-25(33)28(35)30-17-27(24)38-22/h2-10,22,24-25,27H,11-19H2,1H3,(H,30,35)(H,31,34)/t22-,24+,25-,27+/m0/s1. The first-order chi connectivity index (χ1) is 18.5. The number of hydrogen-bond donors (Lipinski definition) is 2. The zero-order chi connectivity index (χ0) is 26.5. The maximum absolute atomic E-state index is 13.8. The second-order valence-corrected chi connectivity index (χ2v) is 10.3. The minimum Gasteiger partial charge on any atom is -0.493 e. The van der Waals surface area contributed by atoms with Crippen LogP contribution in [-0.2, 0) is 20.9 Å². The smallest absolute Gasteiger partial charge is 0.258 e. The van der Waals surface area contributed by atoms with Crippen LogP contribution in [0.2, 0.25) is 0 Å². The fraction of sp³-hybridized carbons (Fsp3) is 0.483. The van der Waals surface area contributed by atoms with Crippen molar-refractivity contribution in [2.75, 3.05) is 32.8 Å². The molecule has 38 heavy (non-hydrogen) atoms. The Morgan fingerprint density at radius 3 is 2.63 bits per heavy atom. The summed E-state index contributed by atoms with van der Waals surface area (Å²) < 4.78 is 12.4. The molecule has 2 bridgehead atoms. The quantitative estimate of drug-likeness (QED) is 0.642. The van der Waals surface area contributed by atoms with Gasteiger partial charge in [-0.3, -0.25) is 19.3 Å². The van der Waals surface area contributed by atoms with Gasteiger partial charge in [0.1, 0.15) is 11.8 Å². The Morgan fingerprint density at radius 2 is 1.82 bits per heavy atom. The van der Waals surface area contributed by atoms with Crippen molar-refractivity contribution in [1.82, 2.24) is 20.4 Å². The highest BCUT2D eigenvalue weighted by atomic mass is 16.5. The number of ether oxygens (including phenoxy) is 2. The first kappa shape index (κ1) is 26.2.